The third kappa shape index (κ3) is 3.67. The van der Waals surface area contributed by atoms with Crippen molar-refractivity contribution in [2.45, 2.75) is 10.7 Å². The van der Waals surface area contributed by atoms with E-state index in [-0.39, 0.29) is 5.91 Å². The smallest absolute Gasteiger partial charge is 0.288 e. The molecule has 2 rings (SSSR count). The maximum absolute atomic E-state index is 12.5. The molecule has 0 spiro atoms. The number of likely N-dealkylation sites (N-methyl/N-ethyl adjacent to an activating group) is 1. The minimum absolute atomic E-state index is 0.156. The maximum Gasteiger partial charge on any atom is 0.288 e. The largest absolute Gasteiger partial charge is 0.336 e. The van der Waals surface area contributed by atoms with Gasteiger partial charge in [0, 0.05) is 31.1 Å². The van der Waals surface area contributed by atoms with Crippen LogP contribution in [0.1, 0.15) is 10.4 Å². The second-order valence-corrected chi connectivity index (χ2v) is 5.50. The Bertz CT molecular complexity index is 448. The average Bonchev–Trinajstić information content (AvgIpc) is 2.39. The molecule has 0 N–H and O–H groups in total. The fourth-order valence-electron chi connectivity index (χ4n) is 2.02. The molecule has 0 radical (unpaired) electrons. The molecule has 1 fully saturated rings. The first kappa shape index (κ1) is 14.3. The first-order valence-corrected chi connectivity index (χ1v) is 6.97. The third-order valence-corrected chi connectivity index (χ3v) is 3.91. The zero-order valence-corrected chi connectivity index (χ0v) is 11.5. The number of amides is 1. The fourth-order valence-corrected chi connectivity index (χ4v) is 2.65. The summed E-state index contributed by atoms with van der Waals surface area (Å²) >= 11 is 0.427. The van der Waals surface area contributed by atoms with Crippen LogP contribution in [0.3, 0.4) is 0 Å². The standard InChI is InChI=1S/C13H16F2N2OS/c1-16-6-8-17(9-7-16)12(18)10-4-2-3-5-11(10)19-13(14)15/h2-5,13H,6-9H2,1H3. The molecule has 6 heteroatoms. The number of carbonyl (C=O) groups excluding carboxylic acids is 1. The van der Waals surface area contributed by atoms with Gasteiger partial charge >= 0.3 is 0 Å². The Morgan fingerprint density at radius 2 is 1.84 bits per heavy atom. The SMILES string of the molecule is CN1CCN(C(=O)c2ccccc2SC(F)F)CC1. The monoisotopic (exact) mass is 286 g/mol. The number of hydrogen-bond acceptors (Lipinski definition) is 3. The lowest BCUT2D eigenvalue weighted by molar-refractivity contribution is 0.0660. The highest BCUT2D eigenvalue weighted by atomic mass is 32.2. The van der Waals surface area contributed by atoms with Crippen molar-refractivity contribution in [1.82, 2.24) is 9.80 Å². The van der Waals surface area contributed by atoms with Crippen molar-refractivity contribution in [3.8, 4) is 0 Å². The Kier molecular flexibility index (Phi) is 4.76. The molecular weight excluding hydrogens is 270 g/mol. The van der Waals surface area contributed by atoms with E-state index in [0.717, 1.165) is 13.1 Å². The number of rotatable bonds is 3. The normalized spacial score (nSPS) is 16.9. The van der Waals surface area contributed by atoms with Gasteiger partial charge < -0.3 is 9.80 Å². The summed E-state index contributed by atoms with van der Waals surface area (Å²) in [5, 5.41) is 0. The number of carbonyl (C=O) groups is 1. The Hall–Kier alpha value is -1.14. The molecule has 0 unspecified atom stereocenters. The molecule has 0 saturated carbocycles. The van der Waals surface area contributed by atoms with Gasteiger partial charge in [-0.25, -0.2) is 0 Å². The van der Waals surface area contributed by atoms with Crippen LogP contribution in [-0.2, 0) is 0 Å². The second kappa shape index (κ2) is 6.34. The molecule has 1 amide bonds. The number of hydrogen-bond donors (Lipinski definition) is 0. The number of nitrogens with zero attached hydrogens (tertiary/aromatic N) is 2. The zero-order valence-electron chi connectivity index (χ0n) is 10.7. The Morgan fingerprint density at radius 3 is 2.47 bits per heavy atom. The molecule has 0 bridgehead atoms. The van der Waals surface area contributed by atoms with Crippen LogP contribution in [0.4, 0.5) is 8.78 Å². The minimum atomic E-state index is -2.51. The van der Waals surface area contributed by atoms with Crippen molar-refractivity contribution in [2.24, 2.45) is 0 Å². The van der Waals surface area contributed by atoms with Gasteiger partial charge in [-0.05, 0) is 19.2 Å². The molecule has 1 saturated heterocycles. The summed E-state index contributed by atoms with van der Waals surface area (Å²) in [6.45, 7) is 2.91. The molecule has 19 heavy (non-hydrogen) atoms. The molecule has 104 valence electrons. The summed E-state index contributed by atoms with van der Waals surface area (Å²) in [5.41, 5.74) is 0.373. The van der Waals surface area contributed by atoms with Crippen molar-refractivity contribution >= 4 is 17.7 Å². The van der Waals surface area contributed by atoms with Gasteiger partial charge in [-0.15, -0.1) is 0 Å². The molecule has 0 atom stereocenters. The van der Waals surface area contributed by atoms with Gasteiger partial charge in [0.2, 0.25) is 0 Å². The molecule has 3 nitrogen and oxygen atoms in total. The maximum atomic E-state index is 12.5. The van der Waals surface area contributed by atoms with E-state index in [4.69, 9.17) is 0 Å². The van der Waals surface area contributed by atoms with E-state index in [1.807, 2.05) is 7.05 Å². The van der Waals surface area contributed by atoms with Gasteiger partial charge in [-0.3, -0.25) is 4.79 Å². The van der Waals surface area contributed by atoms with Crippen LogP contribution < -0.4 is 0 Å². The van der Waals surface area contributed by atoms with Crippen LogP contribution in [0.2, 0.25) is 0 Å². The summed E-state index contributed by atoms with van der Waals surface area (Å²) in [7, 11) is 2.00. The molecule has 1 aromatic carbocycles. The number of alkyl halides is 2. The fraction of sp³-hybridized carbons (Fsp3) is 0.462. The van der Waals surface area contributed by atoms with Crippen molar-refractivity contribution in [3.05, 3.63) is 29.8 Å². The molecule has 0 aliphatic carbocycles. The Morgan fingerprint density at radius 1 is 1.21 bits per heavy atom. The van der Waals surface area contributed by atoms with Crippen molar-refractivity contribution < 1.29 is 13.6 Å². The highest BCUT2D eigenvalue weighted by Gasteiger charge is 2.23. The van der Waals surface area contributed by atoms with E-state index in [0.29, 0.717) is 35.3 Å². The molecule has 0 aromatic heterocycles. The number of piperazine rings is 1. The predicted molar refractivity (Wildman–Crippen MR) is 71.7 cm³/mol. The molecule has 1 aromatic rings. The van der Waals surface area contributed by atoms with E-state index in [1.54, 1.807) is 29.2 Å². The highest BCUT2D eigenvalue weighted by Crippen LogP contribution is 2.29. The third-order valence-electron chi connectivity index (χ3n) is 3.12. The van der Waals surface area contributed by atoms with E-state index in [1.165, 1.54) is 0 Å². The van der Waals surface area contributed by atoms with Gasteiger partial charge in [0.25, 0.3) is 11.7 Å². The van der Waals surface area contributed by atoms with E-state index in [9.17, 15) is 13.6 Å². The van der Waals surface area contributed by atoms with Gasteiger partial charge in [0.05, 0.1) is 5.56 Å². The first-order valence-electron chi connectivity index (χ1n) is 6.09. The van der Waals surface area contributed by atoms with Crippen LogP contribution in [-0.4, -0.2) is 54.7 Å². The number of benzene rings is 1. The van der Waals surface area contributed by atoms with Crippen LogP contribution in [0.5, 0.6) is 0 Å². The summed E-state index contributed by atoms with van der Waals surface area (Å²) in [6, 6.07) is 6.57. The summed E-state index contributed by atoms with van der Waals surface area (Å²) in [4.78, 5) is 16.6. The lowest BCUT2D eigenvalue weighted by Gasteiger charge is -2.32. The number of halogens is 2. The van der Waals surface area contributed by atoms with Gasteiger partial charge in [0.1, 0.15) is 0 Å². The second-order valence-electron chi connectivity index (χ2n) is 4.47. The topological polar surface area (TPSA) is 23.6 Å². The summed E-state index contributed by atoms with van der Waals surface area (Å²) < 4.78 is 25.0. The minimum Gasteiger partial charge on any atom is -0.336 e. The Balaban J connectivity index is 2.14. The van der Waals surface area contributed by atoms with E-state index < -0.39 is 5.76 Å². The van der Waals surface area contributed by atoms with Gasteiger partial charge in [-0.1, -0.05) is 23.9 Å². The van der Waals surface area contributed by atoms with Gasteiger partial charge in [-0.2, -0.15) is 8.78 Å². The zero-order chi connectivity index (χ0) is 13.8. The lowest BCUT2D eigenvalue weighted by Crippen LogP contribution is -2.47. The molecular formula is C13H16F2N2OS. The summed E-state index contributed by atoms with van der Waals surface area (Å²) in [5.74, 6) is -2.67. The lowest BCUT2D eigenvalue weighted by atomic mass is 10.2. The molecule has 1 heterocycles. The van der Waals surface area contributed by atoms with Crippen LogP contribution in [0.25, 0.3) is 0 Å². The van der Waals surface area contributed by atoms with Crippen molar-refractivity contribution in [2.75, 3.05) is 33.2 Å². The predicted octanol–water partition coefficient (Wildman–Crippen LogP) is 2.39. The first-order chi connectivity index (χ1) is 9.08. The summed E-state index contributed by atoms with van der Waals surface area (Å²) in [6.07, 6.45) is 0. The van der Waals surface area contributed by atoms with Crippen molar-refractivity contribution in [3.63, 3.8) is 0 Å². The Labute approximate surface area is 115 Å². The molecule has 1 aliphatic heterocycles. The molecule has 1 aliphatic rings. The van der Waals surface area contributed by atoms with E-state index >= 15 is 0 Å². The van der Waals surface area contributed by atoms with Crippen LogP contribution in [0, 0.1) is 0 Å². The van der Waals surface area contributed by atoms with Crippen LogP contribution >= 0.6 is 11.8 Å². The highest BCUT2D eigenvalue weighted by molar-refractivity contribution is 7.99. The van der Waals surface area contributed by atoms with Gasteiger partial charge in [0.15, 0.2) is 0 Å². The number of thioether (sulfide) groups is 1. The van der Waals surface area contributed by atoms with Crippen molar-refractivity contribution in [1.29, 1.82) is 0 Å². The average molecular weight is 286 g/mol. The quantitative estimate of drug-likeness (QED) is 0.797. The van der Waals surface area contributed by atoms with Crippen LogP contribution in [0.15, 0.2) is 29.2 Å². The van der Waals surface area contributed by atoms with E-state index in [2.05, 4.69) is 4.90 Å².